The van der Waals surface area contributed by atoms with Gasteiger partial charge >= 0.3 is 0 Å². The van der Waals surface area contributed by atoms with Gasteiger partial charge in [0, 0.05) is 4.47 Å². The van der Waals surface area contributed by atoms with Crippen molar-refractivity contribution in [3.8, 4) is 5.75 Å². The van der Waals surface area contributed by atoms with Crippen LogP contribution in [0.2, 0.25) is 0 Å². The molecule has 15 heavy (non-hydrogen) atoms. The predicted octanol–water partition coefficient (Wildman–Crippen LogP) is 3.11. The number of aliphatic hydroxyl groups excluding tert-OH is 1. The molecular weight excluding hydrogens is 283 g/mol. The summed E-state index contributed by atoms with van der Waals surface area (Å²) in [5, 5.41) is 9.00. The van der Waals surface area contributed by atoms with Crippen LogP contribution < -0.4 is 4.74 Å². The minimum atomic E-state index is -0.204. The molecular formula is C10H10BrFO2S. The van der Waals surface area contributed by atoms with Gasteiger partial charge in [0.25, 0.3) is 0 Å². The van der Waals surface area contributed by atoms with Crippen molar-refractivity contribution in [2.75, 3.05) is 6.61 Å². The first-order valence-corrected chi connectivity index (χ1v) is 6.14. The summed E-state index contributed by atoms with van der Waals surface area (Å²) in [5.41, 5.74) is 0.995. The van der Waals surface area contributed by atoms with Gasteiger partial charge in [0.05, 0.1) is 23.7 Å². The summed E-state index contributed by atoms with van der Waals surface area (Å²) in [5.74, 6) is 0.580. The van der Waals surface area contributed by atoms with Crippen LogP contribution in [0.1, 0.15) is 12.0 Å². The topological polar surface area (TPSA) is 29.5 Å². The Kier molecular flexibility index (Phi) is 3.53. The molecule has 1 atom stereocenters. The zero-order chi connectivity index (χ0) is 10.8. The lowest BCUT2D eigenvalue weighted by molar-refractivity contribution is 0.0948. The van der Waals surface area contributed by atoms with Crippen LogP contribution >= 0.6 is 28.1 Å². The van der Waals surface area contributed by atoms with Crippen molar-refractivity contribution in [2.24, 2.45) is 0 Å². The van der Waals surface area contributed by atoms with E-state index in [0.29, 0.717) is 10.6 Å². The Balaban J connectivity index is 2.39. The highest BCUT2D eigenvalue weighted by molar-refractivity contribution is 9.10. The molecule has 2 rings (SSSR count). The quantitative estimate of drug-likeness (QED) is 0.908. The Morgan fingerprint density at radius 3 is 3.07 bits per heavy atom. The maximum Gasteiger partial charge on any atom is 0.139 e. The fourth-order valence-corrected chi connectivity index (χ4v) is 2.75. The van der Waals surface area contributed by atoms with Gasteiger partial charge in [-0.3, -0.25) is 0 Å². The van der Waals surface area contributed by atoms with Crippen molar-refractivity contribution < 1.29 is 13.7 Å². The van der Waals surface area contributed by atoms with E-state index in [2.05, 4.69) is 15.9 Å². The molecule has 1 heterocycles. The van der Waals surface area contributed by atoms with E-state index in [0.717, 1.165) is 22.9 Å². The Morgan fingerprint density at radius 1 is 1.60 bits per heavy atom. The Morgan fingerprint density at radius 2 is 2.40 bits per heavy atom. The van der Waals surface area contributed by atoms with Crippen molar-refractivity contribution in [1.29, 1.82) is 0 Å². The first-order chi connectivity index (χ1) is 7.24. The van der Waals surface area contributed by atoms with Gasteiger partial charge in [-0.1, -0.05) is 15.9 Å². The summed E-state index contributed by atoms with van der Waals surface area (Å²) >= 11 is 3.50. The van der Waals surface area contributed by atoms with E-state index in [1.165, 1.54) is 0 Å². The van der Waals surface area contributed by atoms with E-state index in [4.69, 9.17) is 9.84 Å². The third-order valence-corrected chi connectivity index (χ3v) is 3.33. The number of hydrogen-bond acceptors (Lipinski definition) is 3. The van der Waals surface area contributed by atoms with Gasteiger partial charge in [0.15, 0.2) is 0 Å². The lowest BCUT2D eigenvalue weighted by Gasteiger charge is -2.26. The molecule has 0 amide bonds. The highest BCUT2D eigenvalue weighted by Gasteiger charge is 2.22. The number of fused-ring (bicyclic) bond motifs is 1. The number of halogens is 2. The van der Waals surface area contributed by atoms with Crippen molar-refractivity contribution in [3.63, 3.8) is 0 Å². The molecule has 2 nitrogen and oxygen atoms in total. The van der Waals surface area contributed by atoms with Gasteiger partial charge in [-0.25, -0.2) is 0 Å². The lowest BCUT2D eigenvalue weighted by Crippen LogP contribution is -2.26. The summed E-state index contributed by atoms with van der Waals surface area (Å²) < 4.78 is 19.1. The Bertz CT molecular complexity index is 355. The summed E-state index contributed by atoms with van der Waals surface area (Å²) in [4.78, 5) is 0.470. The fourth-order valence-electron chi connectivity index (χ4n) is 1.67. The third kappa shape index (κ3) is 2.29. The molecule has 0 saturated heterocycles. The number of benzene rings is 1. The van der Waals surface area contributed by atoms with Crippen molar-refractivity contribution >= 4 is 28.1 Å². The summed E-state index contributed by atoms with van der Waals surface area (Å²) in [6.45, 7) is -0.0219. The molecule has 5 heteroatoms. The second kappa shape index (κ2) is 4.72. The normalized spacial score (nSPS) is 19.5. The van der Waals surface area contributed by atoms with Crippen LogP contribution in [0.5, 0.6) is 5.75 Å². The monoisotopic (exact) mass is 292 g/mol. The standard InChI is InChI=1S/C10H10BrFO2S/c11-7-3-6-1-2-8(5-13)14-10(6)9(4-7)15-12/h3-4,8,13H,1-2,5H2. The first kappa shape index (κ1) is 11.2. The number of hydrogen-bond donors (Lipinski definition) is 1. The molecule has 0 aromatic heterocycles. The zero-order valence-electron chi connectivity index (χ0n) is 7.87. The molecule has 0 bridgehead atoms. The highest BCUT2D eigenvalue weighted by Crippen LogP contribution is 2.39. The van der Waals surface area contributed by atoms with Gasteiger partial charge in [0.2, 0.25) is 0 Å². The molecule has 0 spiro atoms. The van der Waals surface area contributed by atoms with Gasteiger partial charge in [0.1, 0.15) is 11.9 Å². The van der Waals surface area contributed by atoms with Gasteiger partial charge in [-0.15, -0.1) is 0 Å². The molecule has 1 N–H and O–H groups in total. The Labute approximate surface area is 100 Å². The molecule has 0 saturated carbocycles. The summed E-state index contributed by atoms with van der Waals surface area (Å²) in [6, 6.07) is 3.62. The van der Waals surface area contributed by atoms with Gasteiger partial charge in [-0.05, 0) is 30.5 Å². The average Bonchev–Trinajstić information content (AvgIpc) is 2.27. The fraction of sp³-hybridized carbons (Fsp3) is 0.400. The second-order valence-electron chi connectivity index (χ2n) is 3.43. The average molecular weight is 293 g/mol. The van der Waals surface area contributed by atoms with Crippen LogP contribution in [0.15, 0.2) is 21.5 Å². The maximum absolute atomic E-state index is 12.7. The van der Waals surface area contributed by atoms with Crippen molar-refractivity contribution in [3.05, 3.63) is 22.2 Å². The van der Waals surface area contributed by atoms with E-state index in [9.17, 15) is 3.89 Å². The molecule has 1 aliphatic heterocycles. The minimum absolute atomic E-state index is 0.0219. The number of aliphatic hydroxyl groups is 1. The molecule has 1 aromatic rings. The van der Waals surface area contributed by atoms with Crippen molar-refractivity contribution in [2.45, 2.75) is 23.8 Å². The molecule has 0 aliphatic carbocycles. The van der Waals surface area contributed by atoms with E-state index < -0.39 is 0 Å². The van der Waals surface area contributed by atoms with Crippen LogP contribution in [-0.4, -0.2) is 17.8 Å². The predicted molar refractivity (Wildman–Crippen MR) is 60.9 cm³/mol. The smallest absolute Gasteiger partial charge is 0.139 e. The lowest BCUT2D eigenvalue weighted by atomic mass is 10.0. The SMILES string of the molecule is OCC1CCc2cc(Br)cc(SF)c2O1. The van der Waals surface area contributed by atoms with Crippen LogP contribution in [0.3, 0.4) is 0 Å². The summed E-state index contributed by atoms with van der Waals surface area (Å²) in [6.07, 6.45) is 1.38. The Hall–Kier alpha value is -0.260. The molecule has 1 aliphatic rings. The zero-order valence-corrected chi connectivity index (χ0v) is 10.3. The molecule has 1 unspecified atom stereocenters. The molecule has 0 fully saturated rings. The molecule has 1 aromatic carbocycles. The number of ether oxygens (including phenoxy) is 1. The number of rotatable bonds is 2. The minimum Gasteiger partial charge on any atom is -0.486 e. The van der Waals surface area contributed by atoms with Gasteiger partial charge in [-0.2, -0.15) is 3.89 Å². The highest BCUT2D eigenvalue weighted by atomic mass is 79.9. The van der Waals surface area contributed by atoms with E-state index in [1.54, 1.807) is 6.07 Å². The van der Waals surface area contributed by atoms with Crippen LogP contribution in [0, 0.1) is 0 Å². The third-order valence-electron chi connectivity index (χ3n) is 2.40. The van der Waals surface area contributed by atoms with E-state index >= 15 is 0 Å². The van der Waals surface area contributed by atoms with Crippen molar-refractivity contribution in [1.82, 2.24) is 0 Å². The molecule has 0 radical (unpaired) electrons. The van der Waals surface area contributed by atoms with Crippen LogP contribution in [0.25, 0.3) is 0 Å². The van der Waals surface area contributed by atoms with E-state index in [1.807, 2.05) is 6.07 Å². The van der Waals surface area contributed by atoms with E-state index in [-0.39, 0.29) is 24.9 Å². The second-order valence-corrected chi connectivity index (χ2v) is 4.94. The van der Waals surface area contributed by atoms with Crippen LogP contribution in [0.4, 0.5) is 3.89 Å². The number of aryl methyl sites for hydroxylation is 1. The molecule has 82 valence electrons. The first-order valence-electron chi connectivity index (χ1n) is 4.63. The maximum atomic E-state index is 12.7. The summed E-state index contributed by atoms with van der Waals surface area (Å²) in [7, 11) is 0. The largest absolute Gasteiger partial charge is 0.486 e. The van der Waals surface area contributed by atoms with Crippen LogP contribution in [-0.2, 0) is 6.42 Å². The van der Waals surface area contributed by atoms with Gasteiger partial charge < -0.3 is 9.84 Å².